The van der Waals surface area contributed by atoms with Crippen molar-refractivity contribution in [3.63, 3.8) is 0 Å². The van der Waals surface area contributed by atoms with E-state index < -0.39 is 17.6 Å². The van der Waals surface area contributed by atoms with Gasteiger partial charge >= 0.3 is 6.18 Å². The van der Waals surface area contributed by atoms with Crippen LogP contribution in [0.25, 0.3) is 0 Å². The average Bonchev–Trinajstić information content (AvgIpc) is 2.67. The lowest BCUT2D eigenvalue weighted by Gasteiger charge is -2.28. The summed E-state index contributed by atoms with van der Waals surface area (Å²) in [6, 6.07) is 10.8. The van der Waals surface area contributed by atoms with Gasteiger partial charge in [0.2, 0.25) is 0 Å². The number of piperidine rings is 1. The largest absolute Gasteiger partial charge is 0.416 e. The molecule has 2 aromatic carbocycles. The van der Waals surface area contributed by atoms with Gasteiger partial charge in [0.1, 0.15) is 0 Å². The molecule has 0 bridgehead atoms. The normalized spacial score (nSPS) is 16.0. The summed E-state index contributed by atoms with van der Waals surface area (Å²) in [4.78, 5) is 27.2. The van der Waals surface area contributed by atoms with Gasteiger partial charge in [-0.15, -0.1) is 0 Å². The summed E-state index contributed by atoms with van der Waals surface area (Å²) in [5.74, 6) is -0.677. The predicted octanol–water partition coefficient (Wildman–Crippen LogP) is 4.48. The molecule has 0 saturated carbocycles. The number of hydrogen-bond donors (Lipinski definition) is 1. The van der Waals surface area contributed by atoms with Crippen LogP contribution in [0.1, 0.15) is 39.1 Å². The Morgan fingerprint density at radius 2 is 1.64 bits per heavy atom. The molecule has 1 aliphatic heterocycles. The zero-order valence-electron chi connectivity index (χ0n) is 15.4. The zero-order valence-corrected chi connectivity index (χ0v) is 15.4. The van der Waals surface area contributed by atoms with Crippen LogP contribution in [0.3, 0.4) is 0 Å². The molecule has 0 atom stereocenters. The minimum absolute atomic E-state index is 0.0308. The van der Waals surface area contributed by atoms with Crippen molar-refractivity contribution in [1.82, 2.24) is 4.90 Å². The number of amides is 1. The molecule has 28 heavy (non-hydrogen) atoms. The van der Waals surface area contributed by atoms with Crippen molar-refractivity contribution in [2.75, 3.05) is 25.5 Å². The molecule has 3 rings (SSSR count). The van der Waals surface area contributed by atoms with E-state index in [4.69, 9.17) is 0 Å². The molecular formula is C21H21F3N2O2. The fourth-order valence-corrected chi connectivity index (χ4v) is 3.30. The highest BCUT2D eigenvalue weighted by Crippen LogP contribution is 2.30. The summed E-state index contributed by atoms with van der Waals surface area (Å²) in [5, 5.41) is 2.58. The van der Waals surface area contributed by atoms with Crippen LogP contribution in [0.2, 0.25) is 0 Å². The number of ketones is 1. The molecule has 0 unspecified atom stereocenters. The number of anilines is 1. The molecule has 1 heterocycles. The van der Waals surface area contributed by atoms with Crippen LogP contribution in [0.5, 0.6) is 0 Å². The third kappa shape index (κ3) is 4.78. The molecule has 0 aromatic heterocycles. The number of carbonyl (C=O) groups is 2. The highest BCUT2D eigenvalue weighted by molar-refractivity contribution is 6.05. The summed E-state index contributed by atoms with van der Waals surface area (Å²) in [6.07, 6.45) is -2.94. The molecule has 1 fully saturated rings. The molecule has 7 heteroatoms. The maximum absolute atomic E-state index is 12.8. The van der Waals surface area contributed by atoms with Gasteiger partial charge in [0.25, 0.3) is 5.91 Å². The first kappa shape index (κ1) is 20.1. The molecular weight excluding hydrogens is 369 g/mol. The molecule has 0 radical (unpaired) electrons. The van der Waals surface area contributed by atoms with Gasteiger partial charge in [-0.2, -0.15) is 13.2 Å². The van der Waals surface area contributed by atoms with Crippen molar-refractivity contribution in [2.24, 2.45) is 5.92 Å². The Balaban J connectivity index is 1.72. The first-order chi connectivity index (χ1) is 13.2. The van der Waals surface area contributed by atoms with E-state index in [-0.39, 0.29) is 17.3 Å². The van der Waals surface area contributed by atoms with Crippen molar-refractivity contribution in [2.45, 2.75) is 19.0 Å². The second kappa shape index (κ2) is 8.14. The Morgan fingerprint density at radius 3 is 2.32 bits per heavy atom. The Hall–Kier alpha value is -2.67. The lowest BCUT2D eigenvalue weighted by Crippen LogP contribution is -2.33. The van der Waals surface area contributed by atoms with Gasteiger partial charge in [-0.3, -0.25) is 9.59 Å². The van der Waals surface area contributed by atoms with E-state index in [1.807, 2.05) is 7.05 Å². The van der Waals surface area contributed by atoms with Gasteiger partial charge in [-0.05, 0) is 63.3 Å². The van der Waals surface area contributed by atoms with Crippen LogP contribution < -0.4 is 5.32 Å². The number of Topliss-reactive ketones (excluding diaryl/α,β-unsaturated/α-hetero) is 1. The topological polar surface area (TPSA) is 49.4 Å². The van der Waals surface area contributed by atoms with E-state index in [1.54, 1.807) is 24.3 Å². The van der Waals surface area contributed by atoms with E-state index in [2.05, 4.69) is 10.2 Å². The van der Waals surface area contributed by atoms with Crippen LogP contribution in [0.4, 0.5) is 18.9 Å². The first-order valence-corrected chi connectivity index (χ1v) is 9.05. The minimum atomic E-state index is -4.52. The van der Waals surface area contributed by atoms with E-state index in [1.165, 1.54) is 12.1 Å². The van der Waals surface area contributed by atoms with E-state index in [0.29, 0.717) is 11.3 Å². The lowest BCUT2D eigenvalue weighted by atomic mass is 9.89. The van der Waals surface area contributed by atoms with Gasteiger partial charge < -0.3 is 10.2 Å². The number of carbonyl (C=O) groups excluding carboxylic acids is 2. The Morgan fingerprint density at radius 1 is 1.00 bits per heavy atom. The molecule has 0 aliphatic carbocycles. The van der Waals surface area contributed by atoms with E-state index in [0.717, 1.165) is 38.1 Å². The van der Waals surface area contributed by atoms with Gasteiger partial charge in [0, 0.05) is 22.7 Å². The van der Waals surface area contributed by atoms with Crippen molar-refractivity contribution in [3.05, 3.63) is 65.2 Å². The summed E-state index contributed by atoms with van der Waals surface area (Å²) >= 11 is 0. The molecule has 2 aromatic rings. The van der Waals surface area contributed by atoms with E-state index >= 15 is 0 Å². The second-order valence-electron chi connectivity index (χ2n) is 7.06. The smallest absolute Gasteiger partial charge is 0.322 e. The number of alkyl halides is 3. The molecule has 4 nitrogen and oxygen atoms in total. The fourth-order valence-electron chi connectivity index (χ4n) is 3.30. The number of benzene rings is 2. The number of likely N-dealkylation sites (tertiary alicyclic amines) is 1. The SMILES string of the molecule is CN1CCC(C(=O)c2cccc(NC(=O)c3cccc(C(F)(F)F)c3)c2)CC1. The number of hydrogen-bond acceptors (Lipinski definition) is 3. The molecule has 0 spiro atoms. The molecule has 148 valence electrons. The van der Waals surface area contributed by atoms with Crippen LogP contribution >= 0.6 is 0 Å². The summed E-state index contributed by atoms with van der Waals surface area (Å²) in [6.45, 7) is 1.73. The van der Waals surface area contributed by atoms with Crippen LogP contribution in [-0.4, -0.2) is 36.7 Å². The fraction of sp³-hybridized carbons (Fsp3) is 0.333. The van der Waals surface area contributed by atoms with Crippen molar-refractivity contribution >= 4 is 17.4 Å². The van der Waals surface area contributed by atoms with Crippen LogP contribution in [0, 0.1) is 5.92 Å². The highest BCUT2D eigenvalue weighted by atomic mass is 19.4. The zero-order chi connectivity index (χ0) is 20.3. The Labute approximate surface area is 161 Å². The number of rotatable bonds is 4. The van der Waals surface area contributed by atoms with Gasteiger partial charge in [-0.1, -0.05) is 18.2 Å². The standard InChI is InChI=1S/C21H21F3N2O2/c1-26-10-8-14(9-11-26)19(27)15-4-3-7-18(13-15)25-20(28)16-5-2-6-17(12-16)21(22,23)24/h2-7,12-14H,8-11H2,1H3,(H,25,28). The van der Waals surface area contributed by atoms with Crippen molar-refractivity contribution in [3.8, 4) is 0 Å². The summed E-state index contributed by atoms with van der Waals surface area (Å²) < 4.78 is 38.5. The van der Waals surface area contributed by atoms with Crippen molar-refractivity contribution < 1.29 is 22.8 Å². The molecule has 1 amide bonds. The number of nitrogens with one attached hydrogen (secondary N) is 1. The third-order valence-corrected chi connectivity index (χ3v) is 4.95. The van der Waals surface area contributed by atoms with Crippen LogP contribution in [-0.2, 0) is 6.18 Å². The second-order valence-corrected chi connectivity index (χ2v) is 7.06. The number of halogens is 3. The highest BCUT2D eigenvalue weighted by Gasteiger charge is 2.31. The summed E-state index contributed by atoms with van der Waals surface area (Å²) in [5.41, 5.74) is -0.106. The third-order valence-electron chi connectivity index (χ3n) is 4.95. The maximum atomic E-state index is 12.8. The van der Waals surface area contributed by atoms with Crippen molar-refractivity contribution in [1.29, 1.82) is 0 Å². The Kier molecular flexibility index (Phi) is 5.84. The van der Waals surface area contributed by atoms with Gasteiger partial charge in [0.05, 0.1) is 5.56 Å². The Bertz CT molecular complexity index is 872. The number of nitrogens with zero attached hydrogens (tertiary/aromatic N) is 1. The molecule has 1 N–H and O–H groups in total. The lowest BCUT2D eigenvalue weighted by molar-refractivity contribution is -0.137. The van der Waals surface area contributed by atoms with E-state index in [9.17, 15) is 22.8 Å². The molecule has 1 aliphatic rings. The quantitative estimate of drug-likeness (QED) is 0.783. The van der Waals surface area contributed by atoms with Gasteiger partial charge in [-0.25, -0.2) is 0 Å². The average molecular weight is 390 g/mol. The monoisotopic (exact) mass is 390 g/mol. The molecule has 1 saturated heterocycles. The predicted molar refractivity (Wildman–Crippen MR) is 100 cm³/mol. The summed E-state index contributed by atoms with van der Waals surface area (Å²) in [7, 11) is 2.02. The van der Waals surface area contributed by atoms with Crippen LogP contribution in [0.15, 0.2) is 48.5 Å². The minimum Gasteiger partial charge on any atom is -0.322 e. The first-order valence-electron chi connectivity index (χ1n) is 9.05. The van der Waals surface area contributed by atoms with Gasteiger partial charge in [0.15, 0.2) is 5.78 Å². The maximum Gasteiger partial charge on any atom is 0.416 e.